The molecule has 1 aliphatic rings. The van der Waals surface area contributed by atoms with Crippen LogP contribution in [0.5, 0.6) is 0 Å². The quantitative estimate of drug-likeness (QED) is 0.874. The van der Waals surface area contributed by atoms with Crippen molar-refractivity contribution in [2.45, 2.75) is 43.0 Å². The van der Waals surface area contributed by atoms with E-state index in [4.69, 9.17) is 0 Å². The molecule has 2 N–H and O–H groups in total. The van der Waals surface area contributed by atoms with Crippen molar-refractivity contribution in [3.05, 3.63) is 42.5 Å². The van der Waals surface area contributed by atoms with E-state index in [1.165, 1.54) is 6.42 Å². The number of amides is 1. The molecule has 0 bridgehead atoms. The van der Waals surface area contributed by atoms with E-state index < -0.39 is 10.0 Å². The Labute approximate surface area is 142 Å². The van der Waals surface area contributed by atoms with E-state index in [1.807, 2.05) is 24.3 Å². The summed E-state index contributed by atoms with van der Waals surface area (Å²) in [6.07, 6.45) is 5.40. The van der Waals surface area contributed by atoms with Gasteiger partial charge in [0.2, 0.25) is 15.9 Å². The number of fused-ring (bicyclic) bond motifs is 1. The Bertz CT molecular complexity index is 827. The van der Waals surface area contributed by atoms with Crippen molar-refractivity contribution < 1.29 is 13.2 Å². The second-order valence-corrected chi connectivity index (χ2v) is 8.00. The molecule has 0 radical (unpaired) electrons. The van der Waals surface area contributed by atoms with Gasteiger partial charge in [-0.15, -0.1) is 0 Å². The van der Waals surface area contributed by atoms with E-state index in [2.05, 4.69) is 10.0 Å². The first-order chi connectivity index (χ1) is 11.5. The lowest BCUT2D eigenvalue weighted by Crippen LogP contribution is -2.42. The molecule has 24 heavy (non-hydrogen) atoms. The molecule has 0 aliphatic heterocycles. The molecule has 0 atom stereocenters. The average Bonchev–Trinajstić information content (AvgIpc) is 2.60. The van der Waals surface area contributed by atoms with Crippen LogP contribution in [0.1, 0.15) is 32.1 Å². The molecular weight excluding hydrogens is 324 g/mol. The van der Waals surface area contributed by atoms with Crippen LogP contribution in [-0.2, 0) is 14.8 Å². The van der Waals surface area contributed by atoms with Crippen LogP contribution in [0, 0.1) is 0 Å². The smallest absolute Gasteiger partial charge is 0.241 e. The lowest BCUT2D eigenvalue weighted by atomic mass is 9.95. The monoisotopic (exact) mass is 346 g/mol. The van der Waals surface area contributed by atoms with Gasteiger partial charge in [0.1, 0.15) is 0 Å². The summed E-state index contributed by atoms with van der Waals surface area (Å²) in [5.74, 6) is -0.272. The van der Waals surface area contributed by atoms with E-state index in [-0.39, 0.29) is 23.4 Å². The first kappa shape index (κ1) is 16.9. The Balaban J connectivity index is 1.63. The first-order valence-electron chi connectivity index (χ1n) is 8.32. The van der Waals surface area contributed by atoms with Crippen molar-refractivity contribution >= 4 is 26.7 Å². The maximum absolute atomic E-state index is 12.4. The van der Waals surface area contributed by atoms with Crippen LogP contribution in [0.15, 0.2) is 47.4 Å². The summed E-state index contributed by atoms with van der Waals surface area (Å²) in [6, 6.07) is 12.7. The number of hydrogen-bond acceptors (Lipinski definition) is 3. The van der Waals surface area contributed by atoms with Gasteiger partial charge in [0.25, 0.3) is 0 Å². The Hall–Kier alpha value is -1.92. The van der Waals surface area contributed by atoms with E-state index in [1.54, 1.807) is 18.2 Å². The largest absolute Gasteiger partial charge is 0.352 e. The van der Waals surface area contributed by atoms with Gasteiger partial charge < -0.3 is 5.32 Å². The molecular formula is C18H22N2O3S. The van der Waals surface area contributed by atoms with E-state index >= 15 is 0 Å². The third kappa shape index (κ3) is 4.13. The fourth-order valence-electron chi connectivity index (χ4n) is 3.10. The Morgan fingerprint density at radius 2 is 1.71 bits per heavy atom. The maximum Gasteiger partial charge on any atom is 0.241 e. The minimum Gasteiger partial charge on any atom is -0.352 e. The molecule has 3 rings (SSSR count). The van der Waals surface area contributed by atoms with Crippen LogP contribution < -0.4 is 10.0 Å². The molecule has 0 saturated heterocycles. The highest BCUT2D eigenvalue weighted by Gasteiger charge is 2.19. The third-order valence-electron chi connectivity index (χ3n) is 4.42. The van der Waals surface area contributed by atoms with Gasteiger partial charge >= 0.3 is 0 Å². The topological polar surface area (TPSA) is 75.3 Å². The number of carbonyl (C=O) groups excluding carboxylic acids is 1. The highest BCUT2D eigenvalue weighted by Crippen LogP contribution is 2.19. The Morgan fingerprint density at radius 3 is 2.46 bits per heavy atom. The van der Waals surface area contributed by atoms with Gasteiger partial charge in [0.15, 0.2) is 0 Å². The zero-order valence-corrected chi connectivity index (χ0v) is 14.3. The fraction of sp³-hybridized carbons (Fsp3) is 0.389. The number of rotatable bonds is 5. The van der Waals surface area contributed by atoms with Crippen molar-refractivity contribution in [1.29, 1.82) is 0 Å². The molecule has 1 saturated carbocycles. The van der Waals surface area contributed by atoms with E-state index in [0.29, 0.717) is 0 Å². The number of hydrogen-bond donors (Lipinski definition) is 2. The SMILES string of the molecule is O=C(CNS(=O)(=O)c1ccc2ccccc2c1)NC1CCCCC1. The molecule has 5 nitrogen and oxygen atoms in total. The van der Waals surface area contributed by atoms with Crippen molar-refractivity contribution in [3.63, 3.8) is 0 Å². The van der Waals surface area contributed by atoms with Crippen molar-refractivity contribution in [2.75, 3.05) is 6.54 Å². The summed E-state index contributed by atoms with van der Waals surface area (Å²) in [7, 11) is -3.70. The standard InChI is InChI=1S/C18H22N2O3S/c21-18(20-16-8-2-1-3-9-16)13-19-24(22,23)17-11-10-14-6-4-5-7-15(14)12-17/h4-7,10-12,16,19H,1-3,8-9,13H2,(H,20,21). The summed E-state index contributed by atoms with van der Waals surface area (Å²) >= 11 is 0. The normalized spacial score (nSPS) is 16.2. The number of sulfonamides is 1. The van der Waals surface area contributed by atoms with Gasteiger partial charge in [-0.1, -0.05) is 49.6 Å². The predicted molar refractivity (Wildman–Crippen MR) is 94.2 cm³/mol. The van der Waals surface area contributed by atoms with Crippen LogP contribution in [-0.4, -0.2) is 26.9 Å². The summed E-state index contributed by atoms with van der Waals surface area (Å²) in [4.78, 5) is 12.1. The molecule has 1 amide bonds. The van der Waals surface area contributed by atoms with Crippen LogP contribution in [0.2, 0.25) is 0 Å². The molecule has 128 valence electrons. The Morgan fingerprint density at radius 1 is 1.00 bits per heavy atom. The molecule has 1 fully saturated rings. The zero-order valence-electron chi connectivity index (χ0n) is 13.5. The van der Waals surface area contributed by atoms with Gasteiger partial charge in [-0.2, -0.15) is 0 Å². The first-order valence-corrected chi connectivity index (χ1v) is 9.81. The van der Waals surface area contributed by atoms with Gasteiger partial charge in [0.05, 0.1) is 11.4 Å². The Kier molecular flexibility index (Phi) is 5.16. The lowest BCUT2D eigenvalue weighted by molar-refractivity contribution is -0.120. The van der Waals surface area contributed by atoms with Gasteiger partial charge in [-0.25, -0.2) is 13.1 Å². The minimum absolute atomic E-state index is 0.173. The minimum atomic E-state index is -3.70. The molecule has 2 aromatic rings. The highest BCUT2D eigenvalue weighted by atomic mass is 32.2. The summed E-state index contributed by atoms with van der Waals surface area (Å²) in [6.45, 7) is -0.230. The number of benzene rings is 2. The van der Waals surface area contributed by atoms with Crippen molar-refractivity contribution in [2.24, 2.45) is 0 Å². The van der Waals surface area contributed by atoms with Crippen LogP contribution in [0.25, 0.3) is 10.8 Å². The number of carbonyl (C=O) groups is 1. The van der Waals surface area contributed by atoms with E-state index in [0.717, 1.165) is 36.5 Å². The molecule has 6 heteroatoms. The summed E-state index contributed by atoms with van der Waals surface area (Å²) in [5.41, 5.74) is 0. The van der Waals surface area contributed by atoms with E-state index in [9.17, 15) is 13.2 Å². The fourth-order valence-corrected chi connectivity index (χ4v) is 4.12. The zero-order chi connectivity index (χ0) is 17.0. The molecule has 0 unspecified atom stereocenters. The van der Waals surface area contributed by atoms with Crippen LogP contribution in [0.4, 0.5) is 0 Å². The molecule has 0 aromatic heterocycles. The molecule has 1 aliphatic carbocycles. The van der Waals surface area contributed by atoms with Gasteiger partial charge in [-0.3, -0.25) is 4.79 Å². The van der Waals surface area contributed by atoms with Gasteiger partial charge in [0, 0.05) is 6.04 Å². The van der Waals surface area contributed by atoms with Crippen LogP contribution >= 0.6 is 0 Å². The van der Waals surface area contributed by atoms with Crippen molar-refractivity contribution in [1.82, 2.24) is 10.0 Å². The summed E-state index contributed by atoms with van der Waals surface area (Å²) < 4.78 is 27.2. The summed E-state index contributed by atoms with van der Waals surface area (Å²) in [5, 5.41) is 4.74. The lowest BCUT2D eigenvalue weighted by Gasteiger charge is -2.22. The molecule has 0 heterocycles. The third-order valence-corrected chi connectivity index (χ3v) is 5.82. The second kappa shape index (κ2) is 7.32. The maximum atomic E-state index is 12.4. The second-order valence-electron chi connectivity index (χ2n) is 6.24. The molecule has 2 aromatic carbocycles. The van der Waals surface area contributed by atoms with Crippen LogP contribution in [0.3, 0.4) is 0 Å². The predicted octanol–water partition coefficient (Wildman–Crippen LogP) is 2.57. The molecule has 0 spiro atoms. The highest BCUT2D eigenvalue weighted by molar-refractivity contribution is 7.89. The number of nitrogens with one attached hydrogen (secondary N) is 2. The average molecular weight is 346 g/mol. The van der Waals surface area contributed by atoms with Crippen molar-refractivity contribution in [3.8, 4) is 0 Å². The van der Waals surface area contributed by atoms with Gasteiger partial charge in [-0.05, 0) is 35.7 Å².